The van der Waals surface area contributed by atoms with Crippen molar-refractivity contribution in [3.63, 3.8) is 0 Å². The summed E-state index contributed by atoms with van der Waals surface area (Å²) in [7, 11) is 1.77. The molecule has 2 atom stereocenters. The van der Waals surface area contributed by atoms with Crippen LogP contribution in [0.2, 0.25) is 0 Å². The molecule has 2 heterocycles. The fraction of sp³-hybridized carbons (Fsp3) is 0.625. The number of nitrogens with zero attached hydrogens (tertiary/aromatic N) is 3. The fourth-order valence-corrected chi connectivity index (χ4v) is 3.66. The maximum atomic E-state index is 5.73. The highest BCUT2D eigenvalue weighted by molar-refractivity contribution is 5.32. The lowest BCUT2D eigenvalue weighted by Gasteiger charge is -2.43. The number of hydrogen-bond acceptors (Lipinski definition) is 5. The number of ether oxygens (including phenoxy) is 1. The van der Waals surface area contributed by atoms with E-state index in [9.17, 15) is 0 Å². The number of nitrogens with two attached hydrogens (primary N) is 1. The summed E-state index contributed by atoms with van der Waals surface area (Å²) in [5, 5.41) is 0. The van der Waals surface area contributed by atoms with Crippen LogP contribution in [0.5, 0.6) is 0 Å². The third kappa shape index (κ3) is 2.94. The molecule has 1 aliphatic carbocycles. The summed E-state index contributed by atoms with van der Waals surface area (Å²) >= 11 is 0. The average molecular weight is 288 g/mol. The Hall–Kier alpha value is -1.46. The molecule has 1 aliphatic heterocycles. The Morgan fingerprint density at radius 2 is 2.29 bits per heavy atom. The minimum absolute atomic E-state index is 0.384. The van der Waals surface area contributed by atoms with E-state index >= 15 is 0 Å². The first-order chi connectivity index (χ1) is 10.2. The third-order valence-corrected chi connectivity index (χ3v) is 4.49. The summed E-state index contributed by atoms with van der Waals surface area (Å²) in [6, 6.07) is 0.560. The van der Waals surface area contributed by atoms with Crippen LogP contribution in [-0.4, -0.2) is 47.7 Å². The Kier molecular flexibility index (Phi) is 4.22. The molecule has 0 spiro atoms. The molecular weight excluding hydrogens is 264 g/mol. The van der Waals surface area contributed by atoms with E-state index in [0.29, 0.717) is 17.9 Å². The van der Waals surface area contributed by atoms with E-state index in [1.807, 2.05) is 6.20 Å². The van der Waals surface area contributed by atoms with Crippen LogP contribution < -0.4 is 5.73 Å². The highest BCUT2D eigenvalue weighted by Gasteiger charge is 2.35. The van der Waals surface area contributed by atoms with Crippen LogP contribution in [-0.2, 0) is 17.6 Å². The molecule has 2 N–H and O–H groups in total. The quantitative estimate of drug-likeness (QED) is 0.849. The van der Waals surface area contributed by atoms with Crippen LogP contribution >= 0.6 is 0 Å². The summed E-state index contributed by atoms with van der Waals surface area (Å²) in [5.74, 6) is 0.895. The van der Waals surface area contributed by atoms with Crippen LogP contribution in [0.25, 0.3) is 0 Å². The van der Waals surface area contributed by atoms with Crippen LogP contribution in [0.1, 0.15) is 24.6 Å². The Morgan fingerprint density at radius 3 is 3.05 bits per heavy atom. The Morgan fingerprint density at radius 1 is 1.43 bits per heavy atom. The molecule has 2 aliphatic rings. The van der Waals surface area contributed by atoms with Crippen molar-refractivity contribution >= 4 is 5.95 Å². The van der Waals surface area contributed by atoms with E-state index in [0.717, 1.165) is 38.2 Å². The first kappa shape index (κ1) is 14.5. The highest BCUT2D eigenvalue weighted by atomic mass is 16.5. The Balaban J connectivity index is 1.89. The summed E-state index contributed by atoms with van der Waals surface area (Å²) in [6.45, 7) is 5.12. The highest BCUT2D eigenvalue weighted by Crippen LogP contribution is 2.33. The van der Waals surface area contributed by atoms with Gasteiger partial charge in [-0.2, -0.15) is 0 Å². The number of methoxy groups -OCH3 is 1. The van der Waals surface area contributed by atoms with Gasteiger partial charge < -0.3 is 10.5 Å². The zero-order chi connectivity index (χ0) is 14.8. The monoisotopic (exact) mass is 288 g/mol. The van der Waals surface area contributed by atoms with Crippen molar-refractivity contribution in [2.24, 2.45) is 5.92 Å². The standard InChI is InChI=1S/C16H24N4O/c1-3-4-20-9-11(10-21-2)5-12-6-14-13(7-15(12)20)8-18-16(17)19-14/h5,8,12,15H,3-4,6-7,9-10H2,1-2H3,(H2,17,18,19)/t12-,15-/m1/s1. The van der Waals surface area contributed by atoms with Crippen molar-refractivity contribution in [2.45, 2.75) is 32.2 Å². The molecule has 21 heavy (non-hydrogen) atoms. The molecule has 0 aromatic carbocycles. The van der Waals surface area contributed by atoms with Crippen molar-refractivity contribution in [1.29, 1.82) is 0 Å². The van der Waals surface area contributed by atoms with Gasteiger partial charge in [0.25, 0.3) is 0 Å². The lowest BCUT2D eigenvalue weighted by atomic mass is 9.79. The molecule has 0 unspecified atom stereocenters. The second-order valence-electron chi connectivity index (χ2n) is 6.07. The van der Waals surface area contributed by atoms with Gasteiger partial charge in [0.1, 0.15) is 0 Å². The van der Waals surface area contributed by atoms with Crippen LogP contribution in [0.15, 0.2) is 17.8 Å². The molecule has 1 aromatic heterocycles. The molecule has 0 saturated carbocycles. The molecule has 114 valence electrons. The molecular formula is C16H24N4O. The summed E-state index contributed by atoms with van der Waals surface area (Å²) in [5.41, 5.74) is 9.50. The van der Waals surface area contributed by atoms with Crippen LogP contribution in [0, 0.1) is 5.92 Å². The summed E-state index contributed by atoms with van der Waals surface area (Å²) in [4.78, 5) is 11.2. The van der Waals surface area contributed by atoms with E-state index in [4.69, 9.17) is 10.5 Å². The number of hydrogen-bond donors (Lipinski definition) is 1. The van der Waals surface area contributed by atoms with Gasteiger partial charge in [-0.25, -0.2) is 9.97 Å². The van der Waals surface area contributed by atoms with Gasteiger partial charge in [0, 0.05) is 31.6 Å². The number of fused-ring (bicyclic) bond motifs is 2. The van der Waals surface area contributed by atoms with Gasteiger partial charge in [-0.3, -0.25) is 4.90 Å². The topological polar surface area (TPSA) is 64.3 Å². The SMILES string of the molecule is CCCN1CC(COC)=C[C@@H]2Cc3nc(N)ncc3C[C@H]21. The number of anilines is 1. The number of rotatable bonds is 4. The summed E-state index contributed by atoms with van der Waals surface area (Å²) in [6.07, 6.45) is 7.47. The fourth-order valence-electron chi connectivity index (χ4n) is 3.66. The van der Waals surface area contributed by atoms with Crippen molar-refractivity contribution in [1.82, 2.24) is 14.9 Å². The second-order valence-corrected chi connectivity index (χ2v) is 6.07. The Bertz CT molecular complexity index is 543. The predicted molar refractivity (Wildman–Crippen MR) is 83.0 cm³/mol. The van der Waals surface area contributed by atoms with E-state index in [2.05, 4.69) is 27.9 Å². The summed E-state index contributed by atoms with van der Waals surface area (Å²) < 4.78 is 5.34. The zero-order valence-corrected chi connectivity index (χ0v) is 12.9. The molecule has 5 heteroatoms. The van der Waals surface area contributed by atoms with E-state index in [1.54, 1.807) is 7.11 Å². The minimum atomic E-state index is 0.384. The molecule has 0 fully saturated rings. The first-order valence-electron chi connectivity index (χ1n) is 7.74. The van der Waals surface area contributed by atoms with Gasteiger partial charge in [0.05, 0.1) is 6.61 Å². The van der Waals surface area contributed by atoms with Gasteiger partial charge in [-0.15, -0.1) is 0 Å². The normalized spacial score (nSPS) is 25.1. The second kappa shape index (κ2) is 6.12. The molecule has 3 rings (SSSR count). The van der Waals surface area contributed by atoms with E-state index in [-0.39, 0.29) is 0 Å². The zero-order valence-electron chi connectivity index (χ0n) is 12.9. The molecule has 0 bridgehead atoms. The predicted octanol–water partition coefficient (Wildman–Crippen LogP) is 1.44. The lowest BCUT2D eigenvalue weighted by Crippen LogP contribution is -2.49. The number of nitrogen functional groups attached to an aromatic ring is 1. The maximum Gasteiger partial charge on any atom is 0.220 e. The Labute approximate surface area is 126 Å². The maximum absolute atomic E-state index is 5.73. The van der Waals surface area contributed by atoms with Gasteiger partial charge >= 0.3 is 0 Å². The third-order valence-electron chi connectivity index (χ3n) is 4.49. The molecule has 0 amide bonds. The van der Waals surface area contributed by atoms with Gasteiger partial charge in [0.2, 0.25) is 5.95 Å². The lowest BCUT2D eigenvalue weighted by molar-refractivity contribution is 0.133. The van der Waals surface area contributed by atoms with Gasteiger partial charge in [-0.1, -0.05) is 13.0 Å². The largest absolute Gasteiger partial charge is 0.380 e. The van der Waals surface area contributed by atoms with E-state index < -0.39 is 0 Å². The van der Waals surface area contributed by atoms with Crippen molar-refractivity contribution in [3.8, 4) is 0 Å². The smallest absolute Gasteiger partial charge is 0.220 e. The minimum Gasteiger partial charge on any atom is -0.380 e. The van der Waals surface area contributed by atoms with Crippen molar-refractivity contribution in [3.05, 3.63) is 29.1 Å². The van der Waals surface area contributed by atoms with Crippen molar-refractivity contribution < 1.29 is 4.74 Å². The van der Waals surface area contributed by atoms with Gasteiger partial charge in [0.15, 0.2) is 0 Å². The number of aromatic nitrogens is 2. The van der Waals surface area contributed by atoms with Crippen molar-refractivity contribution in [2.75, 3.05) is 32.5 Å². The van der Waals surface area contributed by atoms with E-state index in [1.165, 1.54) is 17.6 Å². The average Bonchev–Trinajstić information content (AvgIpc) is 2.46. The van der Waals surface area contributed by atoms with Gasteiger partial charge in [-0.05, 0) is 42.9 Å². The van der Waals surface area contributed by atoms with Crippen LogP contribution in [0.3, 0.4) is 0 Å². The molecule has 5 nitrogen and oxygen atoms in total. The van der Waals surface area contributed by atoms with Crippen LogP contribution in [0.4, 0.5) is 5.95 Å². The molecule has 0 saturated heterocycles. The molecule has 0 radical (unpaired) electrons. The molecule has 1 aromatic rings. The first-order valence-corrected chi connectivity index (χ1v) is 7.74.